The molecule has 1 aromatic carbocycles. The molecule has 1 unspecified atom stereocenters. The molecule has 2 aliphatic heterocycles. The minimum Gasteiger partial charge on any atom is -0.367 e. The number of halogens is 3. The molecule has 202 valence electrons. The summed E-state index contributed by atoms with van der Waals surface area (Å²) in [5.41, 5.74) is 1.76. The number of carbonyl (C=O) groups excluding carboxylic acids is 1. The van der Waals surface area contributed by atoms with Crippen LogP contribution < -0.4 is 10.6 Å². The Labute approximate surface area is 225 Å². The molecule has 4 heterocycles. The lowest BCUT2D eigenvalue weighted by Crippen LogP contribution is -2.44. The first-order valence-corrected chi connectivity index (χ1v) is 12.8. The molecule has 1 fully saturated rings. The molecule has 5 rings (SSSR count). The summed E-state index contributed by atoms with van der Waals surface area (Å²) in [4.78, 5) is 25.6. The number of aromatic nitrogens is 2. The normalized spacial score (nSPS) is 17.6. The fraction of sp³-hybridized carbons (Fsp3) is 0.345. The van der Waals surface area contributed by atoms with Crippen molar-refractivity contribution in [3.8, 4) is 11.8 Å². The first-order chi connectivity index (χ1) is 18.6. The average Bonchev–Trinajstić information content (AvgIpc) is 3.28. The van der Waals surface area contributed by atoms with Crippen molar-refractivity contribution in [2.45, 2.75) is 32.1 Å². The van der Waals surface area contributed by atoms with Crippen molar-refractivity contribution in [2.24, 2.45) is 0 Å². The third-order valence-electron chi connectivity index (χ3n) is 6.90. The summed E-state index contributed by atoms with van der Waals surface area (Å²) in [6, 6.07) is 9.36. The summed E-state index contributed by atoms with van der Waals surface area (Å²) < 4.78 is 41.7. The van der Waals surface area contributed by atoms with Crippen LogP contribution in [0.25, 0.3) is 0 Å². The van der Waals surface area contributed by atoms with Crippen molar-refractivity contribution in [2.75, 3.05) is 43.9 Å². The zero-order chi connectivity index (χ0) is 27.6. The third-order valence-corrected chi connectivity index (χ3v) is 6.90. The molecular formula is C29H29F3N6O. The van der Waals surface area contributed by atoms with Gasteiger partial charge in [0.1, 0.15) is 11.6 Å². The van der Waals surface area contributed by atoms with Gasteiger partial charge in [-0.3, -0.25) is 9.69 Å². The van der Waals surface area contributed by atoms with Crippen LogP contribution in [0.1, 0.15) is 45.1 Å². The van der Waals surface area contributed by atoms with E-state index in [1.807, 2.05) is 18.0 Å². The number of likely N-dealkylation sites (N-methyl/N-ethyl adjacent to an activating group) is 1. The van der Waals surface area contributed by atoms with Crippen LogP contribution in [0, 0.1) is 11.8 Å². The summed E-state index contributed by atoms with van der Waals surface area (Å²) in [6.45, 7) is 5.27. The minimum atomic E-state index is -4.58. The number of hydrogen-bond acceptors (Lipinski definition) is 6. The van der Waals surface area contributed by atoms with E-state index in [1.165, 1.54) is 18.3 Å². The second-order valence-corrected chi connectivity index (χ2v) is 10.1. The molecule has 10 heteroatoms. The van der Waals surface area contributed by atoms with E-state index in [1.54, 1.807) is 18.3 Å². The van der Waals surface area contributed by atoms with Crippen molar-refractivity contribution in [3.63, 3.8) is 0 Å². The van der Waals surface area contributed by atoms with Gasteiger partial charge in [-0.25, -0.2) is 9.97 Å². The fourth-order valence-electron chi connectivity index (χ4n) is 4.75. The second-order valence-electron chi connectivity index (χ2n) is 10.1. The largest absolute Gasteiger partial charge is 0.416 e. The Morgan fingerprint density at radius 2 is 1.85 bits per heavy atom. The first kappa shape index (κ1) is 26.7. The molecule has 2 aliphatic rings. The molecule has 1 saturated heterocycles. The molecular weight excluding hydrogens is 505 g/mol. The van der Waals surface area contributed by atoms with E-state index in [0.29, 0.717) is 24.7 Å². The Morgan fingerprint density at radius 1 is 1.08 bits per heavy atom. The van der Waals surface area contributed by atoms with Crippen molar-refractivity contribution in [3.05, 3.63) is 82.2 Å². The summed E-state index contributed by atoms with van der Waals surface area (Å²) >= 11 is 0. The predicted molar refractivity (Wildman–Crippen MR) is 143 cm³/mol. The van der Waals surface area contributed by atoms with E-state index in [2.05, 4.69) is 44.3 Å². The monoisotopic (exact) mass is 534 g/mol. The first-order valence-electron chi connectivity index (χ1n) is 12.8. The van der Waals surface area contributed by atoms with Gasteiger partial charge in [-0.15, -0.1) is 0 Å². The molecule has 0 spiro atoms. The SMILES string of the molecule is CC1Cc2cc(C#Cc3ccnc(NC(=O)c4ccc(CN5CCN(C)CC5)c(C(F)(F)F)c4)c3)cnc2N1. The van der Waals surface area contributed by atoms with Crippen LogP contribution in [0.5, 0.6) is 0 Å². The molecule has 1 atom stereocenters. The summed E-state index contributed by atoms with van der Waals surface area (Å²) in [5, 5.41) is 5.90. The van der Waals surface area contributed by atoms with Crippen LogP contribution in [0.15, 0.2) is 48.8 Å². The predicted octanol–water partition coefficient (Wildman–Crippen LogP) is 4.25. The van der Waals surface area contributed by atoms with Gasteiger partial charge in [0.2, 0.25) is 0 Å². The van der Waals surface area contributed by atoms with E-state index >= 15 is 0 Å². The number of nitrogens with zero attached hydrogens (tertiary/aromatic N) is 4. The molecule has 0 radical (unpaired) electrons. The zero-order valence-corrected chi connectivity index (χ0v) is 21.8. The van der Waals surface area contributed by atoms with Crippen molar-refractivity contribution in [1.82, 2.24) is 19.8 Å². The van der Waals surface area contributed by atoms with Crippen LogP contribution in [0.4, 0.5) is 24.8 Å². The number of rotatable bonds is 4. The highest BCUT2D eigenvalue weighted by molar-refractivity contribution is 6.04. The Balaban J connectivity index is 1.29. The summed E-state index contributed by atoms with van der Waals surface area (Å²) in [6.07, 6.45) is -0.499. The number of alkyl halides is 3. The fourth-order valence-corrected chi connectivity index (χ4v) is 4.75. The van der Waals surface area contributed by atoms with E-state index in [9.17, 15) is 18.0 Å². The molecule has 3 aromatic rings. The molecule has 39 heavy (non-hydrogen) atoms. The van der Waals surface area contributed by atoms with E-state index < -0.39 is 17.6 Å². The van der Waals surface area contributed by atoms with Crippen LogP contribution in [0.3, 0.4) is 0 Å². The lowest BCUT2D eigenvalue weighted by atomic mass is 10.0. The van der Waals surface area contributed by atoms with Gasteiger partial charge >= 0.3 is 6.18 Å². The highest BCUT2D eigenvalue weighted by Crippen LogP contribution is 2.33. The Hall–Kier alpha value is -3.94. The molecule has 7 nitrogen and oxygen atoms in total. The molecule has 0 aliphatic carbocycles. The maximum absolute atomic E-state index is 13.9. The molecule has 1 amide bonds. The van der Waals surface area contributed by atoms with Crippen LogP contribution in [-0.2, 0) is 19.1 Å². The number of fused-ring (bicyclic) bond motifs is 1. The standard InChI is InChI=1S/C29H29F3N6O/c1-19-13-24-14-21(17-34-27(24)35-19)4-3-20-7-8-33-26(15-20)36-28(39)22-5-6-23(25(16-22)29(30,31)32)18-38-11-9-37(2)10-12-38/h5-8,14-17,19H,9-13,18H2,1-2H3,(H,34,35)(H,33,36,39). The van der Waals surface area contributed by atoms with Crippen LogP contribution in [0.2, 0.25) is 0 Å². The smallest absolute Gasteiger partial charge is 0.367 e. The second kappa shape index (κ2) is 11.0. The molecule has 2 N–H and O–H groups in total. The number of piperazine rings is 1. The number of nitrogens with one attached hydrogen (secondary N) is 2. The third kappa shape index (κ3) is 6.56. The molecule has 2 aromatic heterocycles. The highest BCUT2D eigenvalue weighted by atomic mass is 19.4. The van der Waals surface area contributed by atoms with Gasteiger partial charge in [0.05, 0.1) is 5.56 Å². The Morgan fingerprint density at radius 3 is 2.62 bits per heavy atom. The lowest BCUT2D eigenvalue weighted by Gasteiger charge is -2.33. The Kier molecular flexibility index (Phi) is 7.55. The summed E-state index contributed by atoms with van der Waals surface area (Å²) in [5.74, 6) is 6.51. The van der Waals surface area contributed by atoms with Gasteiger partial charge < -0.3 is 15.5 Å². The van der Waals surface area contributed by atoms with Gasteiger partial charge in [-0.05, 0) is 61.9 Å². The summed E-state index contributed by atoms with van der Waals surface area (Å²) in [7, 11) is 1.99. The van der Waals surface area contributed by atoms with Crippen molar-refractivity contribution >= 4 is 17.5 Å². The average molecular weight is 535 g/mol. The van der Waals surface area contributed by atoms with Crippen LogP contribution in [-0.4, -0.2) is 64.9 Å². The zero-order valence-electron chi connectivity index (χ0n) is 21.8. The molecule has 0 saturated carbocycles. The maximum atomic E-state index is 13.9. The highest BCUT2D eigenvalue weighted by Gasteiger charge is 2.34. The van der Waals surface area contributed by atoms with Gasteiger partial charge in [-0.1, -0.05) is 17.9 Å². The number of anilines is 2. The van der Waals surface area contributed by atoms with Gasteiger partial charge in [0, 0.05) is 67.8 Å². The minimum absolute atomic E-state index is 0.0882. The Bertz CT molecular complexity index is 1440. The number of benzene rings is 1. The van der Waals surface area contributed by atoms with Gasteiger partial charge in [-0.2, -0.15) is 13.2 Å². The van der Waals surface area contributed by atoms with Crippen molar-refractivity contribution in [1.29, 1.82) is 0 Å². The van der Waals surface area contributed by atoms with E-state index in [4.69, 9.17) is 0 Å². The van der Waals surface area contributed by atoms with Crippen molar-refractivity contribution < 1.29 is 18.0 Å². The van der Waals surface area contributed by atoms with Crippen LogP contribution >= 0.6 is 0 Å². The van der Waals surface area contributed by atoms with E-state index in [0.717, 1.165) is 42.5 Å². The molecule has 0 bridgehead atoms. The van der Waals surface area contributed by atoms with Gasteiger partial charge in [0.15, 0.2) is 0 Å². The lowest BCUT2D eigenvalue weighted by molar-refractivity contribution is -0.138. The van der Waals surface area contributed by atoms with Gasteiger partial charge in [0.25, 0.3) is 5.91 Å². The van der Waals surface area contributed by atoms with E-state index in [-0.39, 0.29) is 23.5 Å². The number of amides is 1. The topological polar surface area (TPSA) is 73.4 Å². The number of pyridine rings is 2. The number of hydrogen-bond donors (Lipinski definition) is 2. The maximum Gasteiger partial charge on any atom is 0.416 e. The number of carbonyl (C=O) groups is 1. The quantitative estimate of drug-likeness (QED) is 0.488.